The van der Waals surface area contributed by atoms with Crippen LogP contribution in [0.15, 0.2) is 22.8 Å². The Morgan fingerprint density at radius 2 is 2.29 bits per heavy atom. The molecular weight excluding hydrogens is 246 g/mol. The van der Waals surface area contributed by atoms with E-state index in [4.69, 9.17) is 0 Å². The number of nitrogens with one attached hydrogen (secondary N) is 1. The Bertz CT molecular complexity index is 310. The van der Waals surface area contributed by atoms with Gasteiger partial charge in [-0.2, -0.15) is 0 Å². The van der Waals surface area contributed by atoms with E-state index < -0.39 is 0 Å². The zero-order valence-corrected chi connectivity index (χ0v) is 9.71. The highest BCUT2D eigenvalue weighted by atomic mass is 79.9. The monoisotopic (exact) mass is 257 g/mol. The lowest BCUT2D eigenvalue weighted by Gasteiger charge is -2.09. The lowest BCUT2D eigenvalue weighted by Crippen LogP contribution is -2.27. The zero-order chi connectivity index (χ0) is 10.6. The third kappa shape index (κ3) is 3.85. The van der Waals surface area contributed by atoms with Gasteiger partial charge in [-0.3, -0.25) is 4.79 Å². The summed E-state index contributed by atoms with van der Waals surface area (Å²) >= 11 is 3.27. The number of hydrogen-bond donors (Lipinski definition) is 1. The minimum Gasteiger partial charge on any atom is -0.310 e. The first kappa shape index (κ1) is 11.1. The SMILES string of the molecule is CN(C)CC(=O)Nc1ccc(Br)cn1. The largest absolute Gasteiger partial charge is 0.310 e. The third-order valence-electron chi connectivity index (χ3n) is 1.45. The van der Waals surface area contributed by atoms with Gasteiger partial charge < -0.3 is 10.2 Å². The van der Waals surface area contributed by atoms with E-state index in [0.717, 1.165) is 4.47 Å². The average Bonchev–Trinajstić information content (AvgIpc) is 2.07. The van der Waals surface area contributed by atoms with E-state index in [1.54, 1.807) is 17.2 Å². The fraction of sp³-hybridized carbons (Fsp3) is 0.333. The number of nitrogens with zero attached hydrogens (tertiary/aromatic N) is 2. The molecule has 1 heterocycles. The Morgan fingerprint density at radius 3 is 2.79 bits per heavy atom. The summed E-state index contributed by atoms with van der Waals surface area (Å²) in [5, 5.41) is 2.69. The lowest BCUT2D eigenvalue weighted by atomic mass is 10.4. The van der Waals surface area contributed by atoms with Crippen LogP contribution in [0.3, 0.4) is 0 Å². The van der Waals surface area contributed by atoms with Crippen molar-refractivity contribution < 1.29 is 4.79 Å². The maximum Gasteiger partial charge on any atom is 0.239 e. The molecule has 0 bridgehead atoms. The molecule has 0 radical (unpaired) electrons. The molecule has 76 valence electrons. The van der Waals surface area contributed by atoms with E-state index in [-0.39, 0.29) is 5.91 Å². The number of amides is 1. The molecule has 1 aromatic heterocycles. The van der Waals surface area contributed by atoms with Crippen molar-refractivity contribution in [2.24, 2.45) is 0 Å². The quantitative estimate of drug-likeness (QED) is 0.889. The van der Waals surface area contributed by atoms with Crippen LogP contribution in [0.4, 0.5) is 5.82 Å². The van der Waals surface area contributed by atoms with Gasteiger partial charge in [0.05, 0.1) is 6.54 Å². The summed E-state index contributed by atoms with van der Waals surface area (Å²) < 4.78 is 0.892. The van der Waals surface area contributed by atoms with Crippen LogP contribution in [0.2, 0.25) is 0 Å². The molecule has 1 N–H and O–H groups in total. The van der Waals surface area contributed by atoms with Gasteiger partial charge in [-0.25, -0.2) is 4.98 Å². The molecule has 0 aliphatic carbocycles. The second-order valence-electron chi connectivity index (χ2n) is 3.15. The van der Waals surface area contributed by atoms with Crippen LogP contribution in [0, 0.1) is 0 Å². The van der Waals surface area contributed by atoms with Crippen molar-refractivity contribution in [3.63, 3.8) is 0 Å². The number of anilines is 1. The van der Waals surface area contributed by atoms with Gasteiger partial charge in [0.1, 0.15) is 5.82 Å². The van der Waals surface area contributed by atoms with Crippen LogP contribution < -0.4 is 5.32 Å². The minimum atomic E-state index is -0.0650. The van der Waals surface area contributed by atoms with Crippen molar-refractivity contribution >= 4 is 27.7 Å². The Hall–Kier alpha value is -0.940. The molecule has 5 heteroatoms. The number of rotatable bonds is 3. The van der Waals surface area contributed by atoms with E-state index in [1.807, 2.05) is 20.2 Å². The van der Waals surface area contributed by atoms with Crippen LogP contribution in [0.25, 0.3) is 0 Å². The summed E-state index contributed by atoms with van der Waals surface area (Å²) in [6.45, 7) is 0.359. The second-order valence-corrected chi connectivity index (χ2v) is 4.06. The Labute approximate surface area is 91.4 Å². The van der Waals surface area contributed by atoms with E-state index in [1.165, 1.54) is 0 Å². The first-order valence-corrected chi connectivity index (χ1v) is 4.93. The summed E-state index contributed by atoms with van der Waals surface area (Å²) in [6.07, 6.45) is 1.64. The van der Waals surface area contributed by atoms with Crippen LogP contribution in [-0.4, -0.2) is 36.4 Å². The summed E-state index contributed by atoms with van der Waals surface area (Å²) in [5.74, 6) is 0.505. The van der Waals surface area contributed by atoms with Gasteiger partial charge in [-0.05, 0) is 42.2 Å². The highest BCUT2D eigenvalue weighted by molar-refractivity contribution is 9.10. The van der Waals surface area contributed by atoms with E-state index in [2.05, 4.69) is 26.2 Å². The minimum absolute atomic E-state index is 0.0650. The first-order chi connectivity index (χ1) is 6.58. The van der Waals surface area contributed by atoms with Crippen LogP contribution in [0.1, 0.15) is 0 Å². The highest BCUT2D eigenvalue weighted by Gasteiger charge is 2.03. The number of hydrogen-bond acceptors (Lipinski definition) is 3. The predicted molar refractivity (Wildman–Crippen MR) is 59.1 cm³/mol. The second kappa shape index (κ2) is 5.07. The number of carbonyl (C=O) groups is 1. The molecule has 1 rings (SSSR count). The standard InChI is InChI=1S/C9H12BrN3O/c1-13(2)6-9(14)12-8-4-3-7(10)5-11-8/h3-5H,6H2,1-2H3,(H,11,12,14). The molecule has 0 aliphatic rings. The summed E-state index contributed by atoms with van der Waals surface area (Å²) in [7, 11) is 3.68. The Morgan fingerprint density at radius 1 is 1.57 bits per heavy atom. The molecular formula is C9H12BrN3O. The van der Waals surface area contributed by atoms with E-state index >= 15 is 0 Å². The molecule has 0 unspecified atom stereocenters. The molecule has 0 spiro atoms. The van der Waals surface area contributed by atoms with Crippen molar-refractivity contribution in [1.82, 2.24) is 9.88 Å². The van der Waals surface area contributed by atoms with Gasteiger partial charge in [0.25, 0.3) is 0 Å². The summed E-state index contributed by atoms with van der Waals surface area (Å²) in [4.78, 5) is 17.1. The van der Waals surface area contributed by atoms with Gasteiger partial charge >= 0.3 is 0 Å². The molecule has 0 saturated heterocycles. The molecule has 4 nitrogen and oxygen atoms in total. The number of likely N-dealkylation sites (N-methyl/N-ethyl adjacent to an activating group) is 1. The fourth-order valence-corrected chi connectivity index (χ4v) is 1.15. The molecule has 14 heavy (non-hydrogen) atoms. The van der Waals surface area contributed by atoms with Crippen molar-refractivity contribution in [2.45, 2.75) is 0 Å². The molecule has 0 saturated carbocycles. The van der Waals surface area contributed by atoms with Crippen molar-refractivity contribution in [1.29, 1.82) is 0 Å². The average molecular weight is 258 g/mol. The van der Waals surface area contributed by atoms with Crippen molar-refractivity contribution in [3.05, 3.63) is 22.8 Å². The van der Waals surface area contributed by atoms with Gasteiger partial charge in [0.2, 0.25) is 5.91 Å². The summed E-state index contributed by atoms with van der Waals surface area (Å²) in [6, 6.07) is 3.58. The van der Waals surface area contributed by atoms with Crippen LogP contribution in [-0.2, 0) is 4.79 Å². The van der Waals surface area contributed by atoms with Crippen molar-refractivity contribution in [2.75, 3.05) is 26.0 Å². The number of halogens is 1. The zero-order valence-electron chi connectivity index (χ0n) is 8.12. The van der Waals surface area contributed by atoms with Gasteiger partial charge in [-0.15, -0.1) is 0 Å². The fourth-order valence-electron chi connectivity index (χ4n) is 0.919. The maximum atomic E-state index is 11.3. The number of aromatic nitrogens is 1. The van der Waals surface area contributed by atoms with E-state index in [9.17, 15) is 4.79 Å². The normalized spacial score (nSPS) is 10.3. The summed E-state index contributed by atoms with van der Waals surface area (Å²) in [5.41, 5.74) is 0. The maximum absolute atomic E-state index is 11.3. The Kier molecular flexibility index (Phi) is 4.03. The third-order valence-corrected chi connectivity index (χ3v) is 1.92. The molecule has 1 amide bonds. The van der Waals surface area contributed by atoms with Crippen LogP contribution in [0.5, 0.6) is 0 Å². The molecule has 1 aromatic rings. The number of carbonyl (C=O) groups excluding carboxylic acids is 1. The molecule has 0 aliphatic heterocycles. The highest BCUT2D eigenvalue weighted by Crippen LogP contribution is 2.10. The first-order valence-electron chi connectivity index (χ1n) is 4.14. The smallest absolute Gasteiger partial charge is 0.239 e. The van der Waals surface area contributed by atoms with Crippen molar-refractivity contribution in [3.8, 4) is 0 Å². The van der Waals surface area contributed by atoms with Crippen LogP contribution >= 0.6 is 15.9 Å². The number of pyridine rings is 1. The Balaban J connectivity index is 2.52. The van der Waals surface area contributed by atoms with Gasteiger partial charge in [0.15, 0.2) is 0 Å². The van der Waals surface area contributed by atoms with Gasteiger partial charge in [0, 0.05) is 10.7 Å². The lowest BCUT2D eigenvalue weighted by molar-refractivity contribution is -0.116. The predicted octanol–water partition coefficient (Wildman–Crippen LogP) is 1.34. The van der Waals surface area contributed by atoms with E-state index in [0.29, 0.717) is 12.4 Å². The molecule has 0 atom stereocenters. The molecule has 0 fully saturated rings. The topological polar surface area (TPSA) is 45.2 Å². The van der Waals surface area contributed by atoms with Gasteiger partial charge in [-0.1, -0.05) is 0 Å². The molecule has 0 aromatic carbocycles.